The summed E-state index contributed by atoms with van der Waals surface area (Å²) >= 11 is 0. The van der Waals surface area contributed by atoms with Gasteiger partial charge in [0.15, 0.2) is 0 Å². The first-order chi connectivity index (χ1) is 7.08. The van der Waals surface area contributed by atoms with Crippen molar-refractivity contribution in [2.45, 2.75) is 51.5 Å². The maximum absolute atomic E-state index is 12.0. The molecule has 0 unspecified atom stereocenters. The smallest absolute Gasteiger partial charge is 0.254 e. The van der Waals surface area contributed by atoms with Gasteiger partial charge in [0.1, 0.15) is 6.61 Å². The molecular formula is C12H19NO2. The van der Waals surface area contributed by atoms with Gasteiger partial charge >= 0.3 is 0 Å². The number of ketones is 1. The van der Waals surface area contributed by atoms with Crippen molar-refractivity contribution in [2.24, 2.45) is 10.9 Å². The molecule has 0 amide bonds. The molecule has 0 bridgehead atoms. The van der Waals surface area contributed by atoms with Crippen LogP contribution in [0.1, 0.15) is 46.0 Å². The second kappa shape index (κ2) is 3.95. The first kappa shape index (κ1) is 10.7. The maximum atomic E-state index is 12.0. The number of aliphatic imine (C=N–C) groups is 1. The molecule has 1 heterocycles. The zero-order valence-electron chi connectivity index (χ0n) is 9.58. The fraction of sp³-hybridized carbons (Fsp3) is 0.833. The third-order valence-corrected chi connectivity index (χ3v) is 3.15. The van der Waals surface area contributed by atoms with Crippen molar-refractivity contribution < 1.29 is 9.53 Å². The number of hydrogen-bond acceptors (Lipinski definition) is 3. The van der Waals surface area contributed by atoms with Crippen molar-refractivity contribution in [1.82, 2.24) is 0 Å². The third-order valence-electron chi connectivity index (χ3n) is 3.15. The Morgan fingerprint density at radius 1 is 1.33 bits per heavy atom. The minimum absolute atomic E-state index is 0.139. The van der Waals surface area contributed by atoms with Crippen LogP contribution >= 0.6 is 0 Å². The van der Waals surface area contributed by atoms with Crippen molar-refractivity contribution in [2.75, 3.05) is 6.61 Å². The van der Waals surface area contributed by atoms with Gasteiger partial charge in [0.05, 0.1) is 5.54 Å². The Balaban J connectivity index is 2.02. The lowest BCUT2D eigenvalue weighted by atomic mass is 9.86. The normalized spacial score (nSPS) is 25.9. The number of ether oxygens (including phenoxy) is 1. The molecule has 0 aromatic heterocycles. The Hall–Kier alpha value is -0.860. The van der Waals surface area contributed by atoms with Crippen LogP contribution in [0.3, 0.4) is 0 Å². The highest BCUT2D eigenvalue weighted by molar-refractivity contribution is 6.37. The molecule has 3 nitrogen and oxygen atoms in total. The average Bonchev–Trinajstić information content (AvgIpc) is 2.59. The highest BCUT2D eigenvalue weighted by Crippen LogP contribution is 2.27. The Morgan fingerprint density at radius 2 is 2.00 bits per heavy atom. The number of nitrogens with zero attached hydrogens (tertiary/aromatic N) is 1. The molecular weight excluding hydrogens is 190 g/mol. The Morgan fingerprint density at radius 3 is 2.53 bits per heavy atom. The molecule has 0 spiro atoms. The van der Waals surface area contributed by atoms with Gasteiger partial charge in [0.2, 0.25) is 5.78 Å². The Labute approximate surface area is 90.9 Å². The SMILES string of the molecule is CC1(C)COC(C(=O)C2CCCCC2)=N1. The van der Waals surface area contributed by atoms with Gasteiger partial charge in [-0.1, -0.05) is 19.3 Å². The van der Waals surface area contributed by atoms with E-state index in [0.717, 1.165) is 12.8 Å². The van der Waals surface area contributed by atoms with Crippen molar-refractivity contribution in [3.05, 3.63) is 0 Å². The van der Waals surface area contributed by atoms with E-state index >= 15 is 0 Å². The van der Waals surface area contributed by atoms with E-state index in [1.54, 1.807) is 0 Å². The Kier molecular flexibility index (Phi) is 2.81. The topological polar surface area (TPSA) is 38.7 Å². The van der Waals surface area contributed by atoms with Gasteiger partial charge < -0.3 is 4.74 Å². The molecule has 1 fully saturated rings. The number of Topliss-reactive ketones (excluding diaryl/α,β-unsaturated/α-hetero) is 1. The molecule has 2 rings (SSSR count). The quantitative estimate of drug-likeness (QED) is 0.700. The molecule has 1 saturated carbocycles. The molecule has 0 saturated heterocycles. The van der Waals surface area contributed by atoms with Gasteiger partial charge in [-0.2, -0.15) is 0 Å². The summed E-state index contributed by atoms with van der Waals surface area (Å²) in [5.74, 6) is 0.693. The van der Waals surface area contributed by atoms with Gasteiger partial charge in [-0.15, -0.1) is 0 Å². The molecule has 0 atom stereocenters. The van der Waals surface area contributed by atoms with Crippen molar-refractivity contribution in [3.8, 4) is 0 Å². The second-order valence-electron chi connectivity index (χ2n) is 5.22. The first-order valence-corrected chi connectivity index (χ1v) is 5.85. The van der Waals surface area contributed by atoms with E-state index in [0.29, 0.717) is 12.5 Å². The molecule has 2 aliphatic rings. The molecule has 84 valence electrons. The highest BCUT2D eigenvalue weighted by Gasteiger charge is 2.33. The molecule has 1 aliphatic heterocycles. The zero-order valence-corrected chi connectivity index (χ0v) is 9.58. The monoisotopic (exact) mass is 209 g/mol. The fourth-order valence-corrected chi connectivity index (χ4v) is 2.25. The van der Waals surface area contributed by atoms with E-state index in [1.807, 2.05) is 13.8 Å². The number of carbonyl (C=O) groups is 1. The maximum Gasteiger partial charge on any atom is 0.254 e. The lowest BCUT2D eigenvalue weighted by Gasteiger charge is -2.19. The summed E-state index contributed by atoms with van der Waals surface area (Å²) in [5, 5.41) is 0. The predicted octanol–water partition coefficient (Wildman–Crippen LogP) is 2.34. The minimum atomic E-state index is -0.209. The van der Waals surface area contributed by atoms with Crippen LogP contribution in [0, 0.1) is 5.92 Å². The van der Waals surface area contributed by atoms with Crippen molar-refractivity contribution in [1.29, 1.82) is 0 Å². The van der Waals surface area contributed by atoms with Crippen LogP contribution in [-0.2, 0) is 9.53 Å². The third kappa shape index (κ3) is 2.39. The van der Waals surface area contributed by atoms with E-state index in [2.05, 4.69) is 4.99 Å². The predicted molar refractivity (Wildman–Crippen MR) is 59.0 cm³/mol. The summed E-state index contributed by atoms with van der Waals surface area (Å²) in [5.41, 5.74) is -0.209. The molecule has 15 heavy (non-hydrogen) atoms. The molecule has 0 aromatic rings. The summed E-state index contributed by atoms with van der Waals surface area (Å²) in [6, 6.07) is 0. The number of rotatable bonds is 2. The van der Waals surface area contributed by atoms with E-state index in [9.17, 15) is 4.79 Å². The number of hydrogen-bond donors (Lipinski definition) is 0. The van der Waals surface area contributed by atoms with Gasteiger partial charge in [0.25, 0.3) is 5.90 Å². The number of carbonyl (C=O) groups excluding carboxylic acids is 1. The van der Waals surface area contributed by atoms with Crippen LogP contribution in [-0.4, -0.2) is 23.8 Å². The lowest BCUT2D eigenvalue weighted by molar-refractivity contribution is -0.118. The molecule has 0 aromatic carbocycles. The van der Waals surface area contributed by atoms with Gasteiger partial charge in [-0.25, -0.2) is 4.99 Å². The zero-order chi connectivity index (χ0) is 10.9. The first-order valence-electron chi connectivity index (χ1n) is 5.85. The Bertz CT molecular complexity index is 288. The standard InChI is InChI=1S/C12H19NO2/c1-12(2)8-15-11(13-12)10(14)9-6-4-3-5-7-9/h9H,3-8H2,1-2H3. The summed E-state index contributed by atoms with van der Waals surface area (Å²) < 4.78 is 5.38. The van der Waals surface area contributed by atoms with Crippen LogP contribution < -0.4 is 0 Å². The van der Waals surface area contributed by atoms with Crippen molar-refractivity contribution >= 4 is 11.7 Å². The van der Waals surface area contributed by atoms with Gasteiger partial charge in [0, 0.05) is 5.92 Å². The summed E-state index contributed by atoms with van der Waals surface area (Å²) in [6.07, 6.45) is 5.64. The minimum Gasteiger partial charge on any atom is -0.473 e. The van der Waals surface area contributed by atoms with Crippen LogP contribution in [0.2, 0.25) is 0 Å². The molecule has 3 heteroatoms. The van der Waals surface area contributed by atoms with Crippen LogP contribution in [0.15, 0.2) is 4.99 Å². The van der Waals surface area contributed by atoms with E-state index in [-0.39, 0.29) is 17.2 Å². The van der Waals surface area contributed by atoms with E-state index in [1.165, 1.54) is 19.3 Å². The van der Waals surface area contributed by atoms with Crippen LogP contribution in [0.25, 0.3) is 0 Å². The van der Waals surface area contributed by atoms with E-state index < -0.39 is 0 Å². The van der Waals surface area contributed by atoms with Crippen LogP contribution in [0.5, 0.6) is 0 Å². The second-order valence-corrected chi connectivity index (χ2v) is 5.22. The van der Waals surface area contributed by atoms with Crippen LogP contribution in [0.4, 0.5) is 0 Å². The molecule has 0 radical (unpaired) electrons. The average molecular weight is 209 g/mol. The van der Waals surface area contributed by atoms with Gasteiger partial charge in [-0.05, 0) is 26.7 Å². The van der Waals surface area contributed by atoms with Gasteiger partial charge in [-0.3, -0.25) is 4.79 Å². The van der Waals surface area contributed by atoms with Crippen molar-refractivity contribution in [3.63, 3.8) is 0 Å². The highest BCUT2D eigenvalue weighted by atomic mass is 16.5. The lowest BCUT2D eigenvalue weighted by Crippen LogP contribution is -2.25. The largest absolute Gasteiger partial charge is 0.473 e. The molecule has 1 aliphatic carbocycles. The summed E-state index contributed by atoms with van der Waals surface area (Å²) in [7, 11) is 0. The molecule has 0 N–H and O–H groups in total. The summed E-state index contributed by atoms with van der Waals surface area (Å²) in [6.45, 7) is 4.53. The van der Waals surface area contributed by atoms with E-state index in [4.69, 9.17) is 4.74 Å². The summed E-state index contributed by atoms with van der Waals surface area (Å²) in [4.78, 5) is 16.4. The fourth-order valence-electron chi connectivity index (χ4n) is 2.25.